The van der Waals surface area contributed by atoms with Crippen LogP contribution < -0.4 is 10.9 Å². The number of hydrogen-bond donors (Lipinski definition) is 1. The van der Waals surface area contributed by atoms with Gasteiger partial charge in [-0.25, -0.2) is 9.97 Å². The third-order valence-corrected chi connectivity index (χ3v) is 5.62. The molecule has 0 saturated carbocycles. The molecule has 3 heterocycles. The molecule has 0 radical (unpaired) electrons. The summed E-state index contributed by atoms with van der Waals surface area (Å²) in [6, 6.07) is 10.5. The molecule has 130 valence electrons. The van der Waals surface area contributed by atoms with Crippen molar-refractivity contribution >= 4 is 55.5 Å². The van der Waals surface area contributed by atoms with Crippen LogP contribution in [0, 0.1) is 0 Å². The number of nitrogens with zero attached hydrogens (tertiary/aromatic N) is 3. The lowest BCUT2D eigenvalue weighted by molar-refractivity contribution is -0.116. The third kappa shape index (κ3) is 3.52. The van der Waals surface area contributed by atoms with E-state index in [4.69, 9.17) is 11.6 Å². The van der Waals surface area contributed by atoms with Gasteiger partial charge in [-0.2, -0.15) is 0 Å². The lowest BCUT2D eigenvalue weighted by atomic mass is 10.3. The van der Waals surface area contributed by atoms with Crippen molar-refractivity contribution < 1.29 is 4.79 Å². The molecule has 0 saturated heterocycles. The Morgan fingerprint density at radius 1 is 1.27 bits per heavy atom. The summed E-state index contributed by atoms with van der Waals surface area (Å²) in [5, 5.41) is 5.70. The van der Waals surface area contributed by atoms with Gasteiger partial charge in [-0.15, -0.1) is 11.3 Å². The summed E-state index contributed by atoms with van der Waals surface area (Å²) >= 11 is 8.78. The highest BCUT2D eigenvalue weighted by Crippen LogP contribution is 2.28. The van der Waals surface area contributed by atoms with Gasteiger partial charge in [0, 0.05) is 11.1 Å². The molecule has 3 aromatic heterocycles. The van der Waals surface area contributed by atoms with Crippen LogP contribution in [-0.2, 0) is 11.3 Å². The van der Waals surface area contributed by atoms with Crippen LogP contribution in [0.4, 0.5) is 5.13 Å². The second-order valence-electron chi connectivity index (χ2n) is 5.40. The van der Waals surface area contributed by atoms with E-state index in [0.29, 0.717) is 15.8 Å². The van der Waals surface area contributed by atoms with E-state index in [2.05, 4.69) is 15.3 Å². The minimum Gasteiger partial charge on any atom is -0.300 e. The average molecular weight is 403 g/mol. The van der Waals surface area contributed by atoms with Gasteiger partial charge in [0.15, 0.2) is 5.13 Å². The Bertz CT molecular complexity index is 1150. The minimum atomic E-state index is -0.345. The van der Waals surface area contributed by atoms with Crippen LogP contribution in [0.2, 0.25) is 5.02 Å². The van der Waals surface area contributed by atoms with Gasteiger partial charge in [0.1, 0.15) is 6.54 Å². The van der Waals surface area contributed by atoms with Crippen molar-refractivity contribution in [3.8, 4) is 10.6 Å². The summed E-state index contributed by atoms with van der Waals surface area (Å²) in [5.41, 5.74) is 1.08. The van der Waals surface area contributed by atoms with Crippen LogP contribution in [-0.4, -0.2) is 20.4 Å². The van der Waals surface area contributed by atoms with Crippen molar-refractivity contribution in [2.24, 2.45) is 0 Å². The van der Waals surface area contributed by atoms with Crippen LogP contribution in [0.5, 0.6) is 0 Å². The van der Waals surface area contributed by atoms with E-state index in [1.54, 1.807) is 18.2 Å². The largest absolute Gasteiger partial charge is 0.300 e. The summed E-state index contributed by atoms with van der Waals surface area (Å²) < 4.78 is 2.14. The second kappa shape index (κ2) is 6.99. The first kappa shape index (κ1) is 16.9. The maximum absolute atomic E-state index is 12.2. The number of hydrogen-bond acceptors (Lipinski definition) is 6. The molecule has 9 heteroatoms. The van der Waals surface area contributed by atoms with Crippen LogP contribution >= 0.6 is 34.3 Å². The summed E-state index contributed by atoms with van der Waals surface area (Å²) in [6.07, 6.45) is 1.38. The predicted octanol–water partition coefficient (Wildman–Crippen LogP) is 3.87. The molecule has 0 fully saturated rings. The number of thiazole rings is 1. The zero-order valence-corrected chi connectivity index (χ0v) is 15.6. The number of thiophene rings is 1. The van der Waals surface area contributed by atoms with E-state index in [1.165, 1.54) is 39.6 Å². The lowest BCUT2D eigenvalue weighted by Crippen LogP contribution is -2.27. The number of halogens is 1. The number of anilines is 1. The third-order valence-electron chi connectivity index (χ3n) is 3.56. The molecule has 1 amide bonds. The number of benzene rings is 1. The van der Waals surface area contributed by atoms with Gasteiger partial charge < -0.3 is 5.32 Å². The van der Waals surface area contributed by atoms with Crippen LogP contribution in [0.3, 0.4) is 0 Å². The fourth-order valence-electron chi connectivity index (χ4n) is 2.37. The highest BCUT2D eigenvalue weighted by Gasteiger charge is 2.11. The van der Waals surface area contributed by atoms with Crippen molar-refractivity contribution in [3.63, 3.8) is 0 Å². The number of carbonyl (C=O) groups excluding carboxylic acids is 1. The van der Waals surface area contributed by atoms with Crippen molar-refractivity contribution in [2.45, 2.75) is 6.54 Å². The minimum absolute atomic E-state index is 0.132. The molecule has 0 unspecified atom stereocenters. The summed E-state index contributed by atoms with van der Waals surface area (Å²) in [5.74, 6) is -0.345. The molecule has 6 nitrogen and oxygen atoms in total. The molecule has 4 rings (SSSR count). The van der Waals surface area contributed by atoms with E-state index in [-0.39, 0.29) is 18.0 Å². The monoisotopic (exact) mass is 402 g/mol. The van der Waals surface area contributed by atoms with Crippen LogP contribution in [0.25, 0.3) is 20.8 Å². The fourth-order valence-corrected chi connectivity index (χ4v) is 4.22. The molecular weight excluding hydrogens is 392 g/mol. The van der Waals surface area contributed by atoms with Gasteiger partial charge in [-0.3, -0.25) is 14.2 Å². The Labute approximate surface area is 160 Å². The molecule has 0 aliphatic heterocycles. The number of carbonyl (C=O) groups is 1. The van der Waals surface area contributed by atoms with E-state index in [1.807, 2.05) is 17.5 Å². The van der Waals surface area contributed by atoms with E-state index in [0.717, 1.165) is 15.1 Å². The molecule has 4 aromatic rings. The number of aromatic nitrogens is 3. The van der Waals surface area contributed by atoms with Gasteiger partial charge >= 0.3 is 0 Å². The molecule has 0 bridgehead atoms. The molecule has 1 N–H and O–H groups in total. The smallest absolute Gasteiger partial charge is 0.254 e. The van der Waals surface area contributed by atoms with Crippen LogP contribution in [0.1, 0.15) is 0 Å². The Morgan fingerprint density at radius 3 is 2.92 bits per heavy atom. The summed E-state index contributed by atoms with van der Waals surface area (Å²) in [4.78, 5) is 34.0. The molecule has 26 heavy (non-hydrogen) atoms. The maximum Gasteiger partial charge on any atom is 0.254 e. The average Bonchev–Trinajstić information content (AvgIpc) is 3.25. The highest BCUT2D eigenvalue weighted by atomic mass is 35.5. The Kier molecular flexibility index (Phi) is 4.54. The second-order valence-corrected chi connectivity index (χ2v) is 7.81. The quantitative estimate of drug-likeness (QED) is 0.562. The molecule has 1 aromatic carbocycles. The number of amides is 1. The van der Waals surface area contributed by atoms with Crippen LogP contribution in [0.15, 0.2) is 52.9 Å². The lowest BCUT2D eigenvalue weighted by Gasteiger charge is -2.05. The van der Waals surface area contributed by atoms with Crippen molar-refractivity contribution in [3.05, 3.63) is 63.5 Å². The molecule has 0 atom stereocenters. The molecule has 0 aliphatic carbocycles. The van der Waals surface area contributed by atoms with Crippen molar-refractivity contribution in [2.75, 3.05) is 5.32 Å². The standard InChI is InChI=1S/C17H11ClN4O2S2/c18-10-3-4-11-14(6-10)26-17(20-11)21-15(23)8-22-9-19-12(7-16(22)24)13-2-1-5-25-13/h1-7,9H,8H2,(H,20,21,23). The van der Waals surface area contributed by atoms with Crippen molar-refractivity contribution in [1.29, 1.82) is 0 Å². The first-order valence-electron chi connectivity index (χ1n) is 7.55. The highest BCUT2D eigenvalue weighted by molar-refractivity contribution is 7.22. The normalized spacial score (nSPS) is 11.0. The van der Waals surface area contributed by atoms with E-state index >= 15 is 0 Å². The zero-order valence-electron chi connectivity index (χ0n) is 13.2. The van der Waals surface area contributed by atoms with Gasteiger partial charge in [0.25, 0.3) is 5.56 Å². The van der Waals surface area contributed by atoms with Gasteiger partial charge in [0.2, 0.25) is 5.91 Å². The maximum atomic E-state index is 12.2. The molecule has 0 aliphatic rings. The Morgan fingerprint density at radius 2 is 2.15 bits per heavy atom. The molecular formula is C17H11ClN4O2S2. The van der Waals surface area contributed by atoms with Gasteiger partial charge in [-0.05, 0) is 29.6 Å². The first-order valence-corrected chi connectivity index (χ1v) is 9.62. The summed E-state index contributed by atoms with van der Waals surface area (Å²) in [6.45, 7) is -0.132. The SMILES string of the molecule is O=C(Cn1cnc(-c2cccs2)cc1=O)Nc1nc2ccc(Cl)cc2s1. The Hall–Kier alpha value is -2.55. The number of fused-ring (bicyclic) bond motifs is 1. The first-order chi connectivity index (χ1) is 12.6. The number of rotatable bonds is 4. The van der Waals surface area contributed by atoms with E-state index < -0.39 is 0 Å². The topological polar surface area (TPSA) is 76.9 Å². The van der Waals surface area contributed by atoms with Gasteiger partial charge in [-0.1, -0.05) is 29.0 Å². The zero-order chi connectivity index (χ0) is 18.1. The van der Waals surface area contributed by atoms with Gasteiger partial charge in [0.05, 0.1) is 27.1 Å². The number of nitrogens with one attached hydrogen (secondary N) is 1. The summed E-state index contributed by atoms with van der Waals surface area (Å²) in [7, 11) is 0. The van der Waals surface area contributed by atoms with E-state index in [9.17, 15) is 9.59 Å². The predicted molar refractivity (Wildman–Crippen MR) is 105 cm³/mol. The fraction of sp³-hybridized carbons (Fsp3) is 0.0588. The Balaban J connectivity index is 1.49. The molecule has 0 spiro atoms. The van der Waals surface area contributed by atoms with Crippen molar-refractivity contribution in [1.82, 2.24) is 14.5 Å².